The summed E-state index contributed by atoms with van der Waals surface area (Å²) in [5.41, 5.74) is 1.03. The van der Waals surface area contributed by atoms with Crippen LogP contribution >= 0.6 is 0 Å². The Hall–Kier alpha value is -2.90. The summed E-state index contributed by atoms with van der Waals surface area (Å²) in [6.45, 7) is -0.388. The van der Waals surface area contributed by atoms with Gasteiger partial charge in [0.05, 0.1) is 23.5 Å². The van der Waals surface area contributed by atoms with E-state index in [1.807, 2.05) is 0 Å². The number of benzene rings is 2. The number of aryl methyl sites for hydroxylation is 1. The number of unbranched alkanes of at least 4 members (excludes halogenated alkanes) is 1. The molecule has 2 aromatic carbocycles. The lowest BCUT2D eigenvalue weighted by Crippen LogP contribution is -2.04. The minimum absolute atomic E-state index is 0.292. The molecule has 0 saturated carbocycles. The summed E-state index contributed by atoms with van der Waals surface area (Å²) in [6, 6.07) is 11.9. The SMILES string of the molecule is FCCCCc1nnc(-c2ccccc2Nc2ccc(C(F)(F)F)cc2)o1. The number of halogens is 4. The van der Waals surface area contributed by atoms with Crippen LogP contribution < -0.4 is 5.32 Å². The Labute approximate surface area is 153 Å². The third-order valence-corrected chi connectivity index (χ3v) is 3.89. The molecule has 0 spiro atoms. The first kappa shape index (κ1) is 18.9. The third-order valence-electron chi connectivity index (χ3n) is 3.89. The molecule has 3 aromatic rings. The fourth-order valence-electron chi connectivity index (χ4n) is 2.51. The van der Waals surface area contributed by atoms with Crippen molar-refractivity contribution < 1.29 is 22.0 Å². The molecule has 3 rings (SSSR count). The molecule has 0 amide bonds. The van der Waals surface area contributed by atoms with Crippen molar-refractivity contribution in [3.05, 3.63) is 60.0 Å². The summed E-state index contributed by atoms with van der Waals surface area (Å²) >= 11 is 0. The van der Waals surface area contributed by atoms with Gasteiger partial charge in [0.25, 0.3) is 0 Å². The average Bonchev–Trinajstić information content (AvgIpc) is 3.11. The molecule has 0 unspecified atom stereocenters. The topological polar surface area (TPSA) is 51.0 Å². The van der Waals surface area contributed by atoms with Gasteiger partial charge in [0.15, 0.2) is 0 Å². The molecule has 142 valence electrons. The third kappa shape index (κ3) is 4.84. The van der Waals surface area contributed by atoms with Crippen LogP contribution in [0, 0.1) is 0 Å². The van der Waals surface area contributed by atoms with E-state index in [0.717, 1.165) is 12.1 Å². The van der Waals surface area contributed by atoms with Crippen molar-refractivity contribution in [2.75, 3.05) is 12.0 Å². The van der Waals surface area contributed by atoms with Crippen LogP contribution in [-0.2, 0) is 12.6 Å². The molecule has 27 heavy (non-hydrogen) atoms. The largest absolute Gasteiger partial charge is 0.421 e. The number of anilines is 2. The van der Waals surface area contributed by atoms with Gasteiger partial charge in [0.2, 0.25) is 11.8 Å². The first-order valence-corrected chi connectivity index (χ1v) is 8.39. The van der Waals surface area contributed by atoms with E-state index in [4.69, 9.17) is 4.42 Å². The lowest BCUT2D eigenvalue weighted by atomic mass is 10.1. The molecule has 4 nitrogen and oxygen atoms in total. The van der Waals surface area contributed by atoms with E-state index in [0.29, 0.717) is 48.0 Å². The van der Waals surface area contributed by atoms with E-state index in [9.17, 15) is 17.6 Å². The number of nitrogens with one attached hydrogen (secondary N) is 1. The Kier molecular flexibility index (Phi) is 5.73. The van der Waals surface area contributed by atoms with Crippen molar-refractivity contribution in [3.63, 3.8) is 0 Å². The van der Waals surface area contributed by atoms with Crippen molar-refractivity contribution in [2.24, 2.45) is 0 Å². The van der Waals surface area contributed by atoms with Gasteiger partial charge >= 0.3 is 6.18 Å². The molecule has 0 atom stereocenters. The highest BCUT2D eigenvalue weighted by Gasteiger charge is 2.29. The van der Waals surface area contributed by atoms with Gasteiger partial charge in [-0.15, -0.1) is 10.2 Å². The second-order valence-electron chi connectivity index (χ2n) is 5.89. The first-order valence-electron chi connectivity index (χ1n) is 8.39. The van der Waals surface area contributed by atoms with E-state index in [2.05, 4.69) is 15.5 Å². The van der Waals surface area contributed by atoms with Gasteiger partial charge in [-0.3, -0.25) is 4.39 Å². The van der Waals surface area contributed by atoms with Gasteiger partial charge in [-0.2, -0.15) is 13.2 Å². The molecule has 0 aliphatic rings. The zero-order valence-corrected chi connectivity index (χ0v) is 14.3. The highest BCUT2D eigenvalue weighted by molar-refractivity contribution is 5.76. The molecule has 1 N–H and O–H groups in total. The van der Waals surface area contributed by atoms with Gasteiger partial charge in [0, 0.05) is 12.1 Å². The summed E-state index contributed by atoms with van der Waals surface area (Å²) in [4.78, 5) is 0. The van der Waals surface area contributed by atoms with Gasteiger partial charge in [-0.1, -0.05) is 12.1 Å². The maximum absolute atomic E-state index is 12.7. The molecular weight excluding hydrogens is 362 g/mol. The van der Waals surface area contributed by atoms with Crippen LogP contribution in [0.4, 0.5) is 28.9 Å². The number of rotatable bonds is 7. The molecule has 8 heteroatoms. The quantitative estimate of drug-likeness (QED) is 0.417. The van der Waals surface area contributed by atoms with Crippen molar-refractivity contribution >= 4 is 11.4 Å². The normalized spacial score (nSPS) is 11.6. The minimum atomic E-state index is -4.38. The van der Waals surface area contributed by atoms with Gasteiger partial charge < -0.3 is 9.73 Å². The molecular formula is C19H17F4N3O. The predicted octanol–water partition coefficient (Wildman–Crippen LogP) is 5.79. The van der Waals surface area contributed by atoms with Crippen LogP contribution in [0.15, 0.2) is 52.9 Å². The number of alkyl halides is 4. The molecule has 1 aromatic heterocycles. The van der Waals surface area contributed by atoms with E-state index < -0.39 is 11.7 Å². The lowest BCUT2D eigenvalue weighted by Gasteiger charge is -2.11. The summed E-state index contributed by atoms with van der Waals surface area (Å²) in [5.74, 6) is 0.711. The van der Waals surface area contributed by atoms with Crippen molar-refractivity contribution in [1.82, 2.24) is 10.2 Å². The van der Waals surface area contributed by atoms with E-state index in [1.54, 1.807) is 24.3 Å². The number of aromatic nitrogens is 2. The van der Waals surface area contributed by atoms with E-state index in [-0.39, 0.29) is 6.67 Å². The Morgan fingerprint density at radius 3 is 2.37 bits per heavy atom. The molecule has 1 heterocycles. The zero-order chi connectivity index (χ0) is 19.3. The molecule has 0 aliphatic carbocycles. The summed E-state index contributed by atoms with van der Waals surface area (Å²) in [7, 11) is 0. The molecule has 0 fully saturated rings. The fourth-order valence-corrected chi connectivity index (χ4v) is 2.51. The molecule has 0 aliphatic heterocycles. The monoisotopic (exact) mass is 379 g/mol. The second-order valence-corrected chi connectivity index (χ2v) is 5.89. The van der Waals surface area contributed by atoms with Gasteiger partial charge in [0.1, 0.15) is 0 Å². The standard InChI is InChI=1S/C19H17F4N3O/c20-12-4-3-7-17-25-26-18(27-17)15-5-1-2-6-16(15)24-14-10-8-13(9-11-14)19(21,22)23/h1-2,5-6,8-11,24H,3-4,7,12H2. The predicted molar refractivity (Wildman–Crippen MR) is 93.4 cm³/mol. The lowest BCUT2D eigenvalue weighted by molar-refractivity contribution is -0.137. The van der Waals surface area contributed by atoms with Crippen molar-refractivity contribution in [3.8, 4) is 11.5 Å². The Balaban J connectivity index is 1.78. The minimum Gasteiger partial charge on any atom is -0.421 e. The number of para-hydroxylation sites is 1. The van der Waals surface area contributed by atoms with E-state index in [1.165, 1.54) is 12.1 Å². The van der Waals surface area contributed by atoms with Crippen molar-refractivity contribution in [2.45, 2.75) is 25.4 Å². The highest BCUT2D eigenvalue weighted by Crippen LogP contribution is 2.32. The van der Waals surface area contributed by atoms with Crippen LogP contribution in [0.5, 0.6) is 0 Å². The highest BCUT2D eigenvalue weighted by atomic mass is 19.4. The first-order chi connectivity index (χ1) is 13.0. The van der Waals surface area contributed by atoms with Crippen molar-refractivity contribution in [1.29, 1.82) is 0 Å². The van der Waals surface area contributed by atoms with Crippen LogP contribution in [0.2, 0.25) is 0 Å². The zero-order valence-electron chi connectivity index (χ0n) is 14.3. The number of hydrogen-bond acceptors (Lipinski definition) is 4. The van der Waals surface area contributed by atoms with Gasteiger partial charge in [-0.25, -0.2) is 0 Å². The van der Waals surface area contributed by atoms with E-state index >= 15 is 0 Å². The van der Waals surface area contributed by atoms with Crippen LogP contribution in [0.1, 0.15) is 24.3 Å². The summed E-state index contributed by atoms with van der Waals surface area (Å²) in [6.07, 6.45) is -2.84. The van der Waals surface area contributed by atoms with Crippen LogP contribution in [0.3, 0.4) is 0 Å². The second kappa shape index (κ2) is 8.20. The van der Waals surface area contributed by atoms with Gasteiger partial charge in [-0.05, 0) is 49.2 Å². The molecule has 0 saturated heterocycles. The summed E-state index contributed by atoms with van der Waals surface area (Å²) < 4.78 is 55.8. The van der Waals surface area contributed by atoms with Crippen LogP contribution in [-0.4, -0.2) is 16.9 Å². The Morgan fingerprint density at radius 2 is 1.67 bits per heavy atom. The summed E-state index contributed by atoms with van der Waals surface area (Å²) in [5, 5.41) is 11.0. The molecule has 0 bridgehead atoms. The number of nitrogens with zero attached hydrogens (tertiary/aromatic N) is 2. The molecule has 0 radical (unpaired) electrons. The number of hydrogen-bond donors (Lipinski definition) is 1. The maximum Gasteiger partial charge on any atom is 0.416 e. The fraction of sp³-hybridized carbons (Fsp3) is 0.263. The average molecular weight is 379 g/mol. The Morgan fingerprint density at radius 1 is 0.926 bits per heavy atom. The maximum atomic E-state index is 12.7. The Bertz CT molecular complexity index is 875. The van der Waals surface area contributed by atoms with Crippen LogP contribution in [0.25, 0.3) is 11.5 Å². The smallest absolute Gasteiger partial charge is 0.416 e.